The Morgan fingerprint density at radius 2 is 1.65 bits per heavy atom. The molecular formula is C24H20N2O7S. The van der Waals surface area contributed by atoms with Crippen molar-refractivity contribution in [3.63, 3.8) is 0 Å². The van der Waals surface area contributed by atoms with Crippen LogP contribution in [-0.4, -0.2) is 42.6 Å². The van der Waals surface area contributed by atoms with Crippen LogP contribution in [0, 0.1) is 10.1 Å². The van der Waals surface area contributed by atoms with Gasteiger partial charge in [0.05, 0.1) is 15.4 Å². The number of rotatable bonds is 7. The summed E-state index contributed by atoms with van der Waals surface area (Å²) in [4.78, 5) is 34.8. The van der Waals surface area contributed by atoms with Gasteiger partial charge in [-0.15, -0.1) is 0 Å². The number of nitro benzene ring substituents is 1. The highest BCUT2D eigenvalue weighted by Gasteiger charge is 2.29. The van der Waals surface area contributed by atoms with Crippen LogP contribution < -0.4 is 0 Å². The number of fused-ring (bicyclic) bond motifs is 1. The normalized spacial score (nSPS) is 13.6. The number of carbonyl (C=O) groups excluding carboxylic acids is 2. The summed E-state index contributed by atoms with van der Waals surface area (Å²) in [5, 5.41) is 10.7. The smallest absolute Gasteiger partial charge is 0.338 e. The van der Waals surface area contributed by atoms with Crippen molar-refractivity contribution in [1.82, 2.24) is 4.31 Å². The van der Waals surface area contributed by atoms with E-state index in [2.05, 4.69) is 0 Å². The zero-order valence-corrected chi connectivity index (χ0v) is 18.7. The van der Waals surface area contributed by atoms with Crippen molar-refractivity contribution in [1.29, 1.82) is 0 Å². The van der Waals surface area contributed by atoms with E-state index in [4.69, 9.17) is 4.74 Å². The minimum Gasteiger partial charge on any atom is -0.454 e. The van der Waals surface area contributed by atoms with Crippen LogP contribution in [0.25, 0.3) is 0 Å². The van der Waals surface area contributed by atoms with Crippen molar-refractivity contribution < 1.29 is 27.7 Å². The lowest BCUT2D eigenvalue weighted by atomic mass is 10.0. The van der Waals surface area contributed by atoms with Crippen molar-refractivity contribution >= 4 is 27.5 Å². The van der Waals surface area contributed by atoms with Crippen molar-refractivity contribution in [2.75, 3.05) is 13.2 Å². The second kappa shape index (κ2) is 9.54. The van der Waals surface area contributed by atoms with Crippen LogP contribution in [-0.2, 0) is 27.7 Å². The van der Waals surface area contributed by atoms with E-state index in [0.717, 1.165) is 11.1 Å². The van der Waals surface area contributed by atoms with E-state index in [1.165, 1.54) is 52.8 Å². The van der Waals surface area contributed by atoms with Gasteiger partial charge in [-0.1, -0.05) is 30.3 Å². The highest BCUT2D eigenvalue weighted by atomic mass is 32.2. The summed E-state index contributed by atoms with van der Waals surface area (Å²) in [6, 6.07) is 18.1. The summed E-state index contributed by atoms with van der Waals surface area (Å²) in [6.07, 6.45) is 0.599. The number of ketones is 1. The van der Waals surface area contributed by atoms with Crippen molar-refractivity contribution in [2.24, 2.45) is 0 Å². The van der Waals surface area contributed by atoms with Gasteiger partial charge < -0.3 is 4.74 Å². The van der Waals surface area contributed by atoms with Gasteiger partial charge in [-0.2, -0.15) is 4.31 Å². The van der Waals surface area contributed by atoms with E-state index in [9.17, 15) is 28.1 Å². The number of benzene rings is 3. The van der Waals surface area contributed by atoms with Crippen LogP contribution in [0.5, 0.6) is 0 Å². The summed E-state index contributed by atoms with van der Waals surface area (Å²) in [5.41, 5.74) is 2.04. The molecule has 9 nitrogen and oxygen atoms in total. The number of nitro groups is 1. The topological polar surface area (TPSA) is 124 Å². The van der Waals surface area contributed by atoms with Crippen LogP contribution in [0.3, 0.4) is 0 Å². The summed E-state index contributed by atoms with van der Waals surface area (Å²) in [6.45, 7) is -0.00872. The van der Waals surface area contributed by atoms with Crippen molar-refractivity contribution in [3.05, 3.63) is 105 Å². The number of esters is 1. The first-order chi connectivity index (χ1) is 16.3. The molecule has 0 saturated carbocycles. The third-order valence-electron chi connectivity index (χ3n) is 5.54. The predicted octanol–water partition coefficient (Wildman–Crippen LogP) is 3.38. The highest BCUT2D eigenvalue weighted by Crippen LogP contribution is 2.25. The molecule has 0 fully saturated rings. The second-order valence-electron chi connectivity index (χ2n) is 7.69. The number of ether oxygens (including phenoxy) is 1. The van der Waals surface area contributed by atoms with Crippen LogP contribution in [0.15, 0.2) is 77.7 Å². The molecule has 0 spiro atoms. The maximum atomic E-state index is 13.2. The first-order valence-electron chi connectivity index (χ1n) is 10.4. The number of sulfonamides is 1. The molecule has 0 saturated heterocycles. The zero-order chi connectivity index (χ0) is 24.3. The molecule has 34 heavy (non-hydrogen) atoms. The number of non-ortho nitro benzene ring substituents is 1. The summed E-state index contributed by atoms with van der Waals surface area (Å²) in [5.74, 6) is -1.39. The molecule has 10 heteroatoms. The van der Waals surface area contributed by atoms with E-state index in [1.54, 1.807) is 0 Å². The Morgan fingerprint density at radius 1 is 0.941 bits per heavy atom. The number of Topliss-reactive ketones (excluding diaryl/α,β-unsaturated/α-hetero) is 1. The molecule has 0 aromatic heterocycles. The molecule has 4 rings (SSSR count). The maximum Gasteiger partial charge on any atom is 0.338 e. The van der Waals surface area contributed by atoms with Gasteiger partial charge in [0.15, 0.2) is 12.4 Å². The first kappa shape index (κ1) is 23.3. The minimum absolute atomic E-state index is 0.00464. The lowest BCUT2D eigenvalue weighted by Gasteiger charge is -2.28. The summed E-state index contributed by atoms with van der Waals surface area (Å²) < 4.78 is 32.8. The van der Waals surface area contributed by atoms with E-state index >= 15 is 0 Å². The third kappa shape index (κ3) is 4.87. The van der Waals surface area contributed by atoms with Gasteiger partial charge in [0.25, 0.3) is 5.69 Å². The fraction of sp³-hybridized carbons (Fsp3) is 0.167. The molecule has 3 aromatic rings. The molecule has 0 aliphatic carbocycles. The predicted molar refractivity (Wildman–Crippen MR) is 122 cm³/mol. The Balaban J connectivity index is 1.44. The Kier molecular flexibility index (Phi) is 6.53. The van der Waals surface area contributed by atoms with Crippen LogP contribution in [0.1, 0.15) is 31.8 Å². The fourth-order valence-corrected chi connectivity index (χ4v) is 5.14. The minimum atomic E-state index is -3.84. The fourth-order valence-electron chi connectivity index (χ4n) is 3.67. The standard InChI is InChI=1S/C24H20N2O7S/c27-23(18-8-10-21(11-9-18)26(29)30)16-33-24(28)19-6-3-7-22(14-19)34(31,32)25-13-12-17-4-1-2-5-20(17)15-25/h1-11,14H,12-13,15-16H2. The molecule has 0 amide bonds. The second-order valence-corrected chi connectivity index (χ2v) is 9.63. The van der Waals surface area contributed by atoms with E-state index in [1.807, 2.05) is 24.3 Å². The average Bonchev–Trinajstić information content (AvgIpc) is 2.86. The maximum absolute atomic E-state index is 13.2. The molecule has 0 bridgehead atoms. The Morgan fingerprint density at radius 3 is 2.35 bits per heavy atom. The third-order valence-corrected chi connectivity index (χ3v) is 7.38. The number of hydrogen-bond donors (Lipinski definition) is 0. The van der Waals surface area contributed by atoms with Crippen molar-refractivity contribution in [3.8, 4) is 0 Å². The molecule has 0 N–H and O–H groups in total. The van der Waals surface area contributed by atoms with E-state index < -0.39 is 33.3 Å². The van der Waals surface area contributed by atoms with Gasteiger partial charge in [0.2, 0.25) is 10.0 Å². The molecule has 3 aromatic carbocycles. The Bertz CT molecular complexity index is 1370. The van der Waals surface area contributed by atoms with Crippen molar-refractivity contribution in [2.45, 2.75) is 17.9 Å². The van der Waals surface area contributed by atoms with Gasteiger partial charge in [-0.3, -0.25) is 14.9 Å². The molecule has 1 heterocycles. The first-order valence-corrected chi connectivity index (χ1v) is 11.8. The molecular weight excluding hydrogens is 460 g/mol. The van der Waals surface area contributed by atoms with Crippen LogP contribution in [0.2, 0.25) is 0 Å². The van der Waals surface area contributed by atoms with Gasteiger partial charge in [-0.05, 0) is 47.9 Å². The zero-order valence-electron chi connectivity index (χ0n) is 17.9. The summed E-state index contributed by atoms with van der Waals surface area (Å²) >= 11 is 0. The SMILES string of the molecule is O=C(COC(=O)c1cccc(S(=O)(=O)N2CCc3ccccc3C2)c1)c1ccc([N+](=O)[O-])cc1. The quantitative estimate of drug-likeness (QED) is 0.220. The van der Waals surface area contributed by atoms with Crippen LogP contribution in [0.4, 0.5) is 5.69 Å². The summed E-state index contributed by atoms with van der Waals surface area (Å²) in [7, 11) is -3.84. The Hall–Kier alpha value is -3.89. The number of hydrogen-bond acceptors (Lipinski definition) is 7. The molecule has 1 aliphatic heterocycles. The molecule has 0 unspecified atom stereocenters. The van der Waals surface area contributed by atoms with Crippen LogP contribution >= 0.6 is 0 Å². The molecule has 0 atom stereocenters. The Labute approximate surface area is 195 Å². The largest absolute Gasteiger partial charge is 0.454 e. The number of carbonyl (C=O) groups is 2. The van der Waals surface area contributed by atoms with Gasteiger partial charge in [0.1, 0.15) is 0 Å². The average molecular weight is 480 g/mol. The van der Waals surface area contributed by atoms with E-state index in [0.29, 0.717) is 13.0 Å². The molecule has 1 aliphatic rings. The molecule has 0 radical (unpaired) electrons. The lowest BCUT2D eigenvalue weighted by Crippen LogP contribution is -2.36. The lowest BCUT2D eigenvalue weighted by molar-refractivity contribution is -0.384. The molecule has 174 valence electrons. The highest BCUT2D eigenvalue weighted by molar-refractivity contribution is 7.89. The van der Waals surface area contributed by atoms with Gasteiger partial charge in [-0.25, -0.2) is 13.2 Å². The van der Waals surface area contributed by atoms with Gasteiger partial charge >= 0.3 is 5.97 Å². The van der Waals surface area contributed by atoms with E-state index in [-0.39, 0.29) is 28.3 Å². The number of nitrogens with zero attached hydrogens (tertiary/aromatic N) is 2. The van der Waals surface area contributed by atoms with Gasteiger partial charge in [0, 0.05) is 30.8 Å². The monoisotopic (exact) mass is 480 g/mol.